The van der Waals surface area contributed by atoms with Crippen molar-refractivity contribution in [3.63, 3.8) is 0 Å². The highest BCUT2D eigenvalue weighted by atomic mass is 16.6. The Hall–Kier alpha value is -2.19. The van der Waals surface area contributed by atoms with E-state index in [4.69, 9.17) is 9.47 Å². The van der Waals surface area contributed by atoms with E-state index in [0.29, 0.717) is 13.2 Å². The second-order valence-electron chi connectivity index (χ2n) is 6.78. The molecule has 1 aromatic rings. The van der Waals surface area contributed by atoms with Crippen LogP contribution >= 0.6 is 0 Å². The van der Waals surface area contributed by atoms with Gasteiger partial charge in [0, 0.05) is 45.0 Å². The lowest BCUT2D eigenvalue weighted by Crippen LogP contribution is -2.38. The highest BCUT2D eigenvalue weighted by Gasteiger charge is 2.15. The molecule has 28 heavy (non-hydrogen) atoms. The number of rotatable bonds is 12. The van der Waals surface area contributed by atoms with E-state index < -0.39 is 0 Å². The summed E-state index contributed by atoms with van der Waals surface area (Å²) in [4.78, 5) is 14.9. The molecule has 1 fully saturated rings. The standard InChI is InChI=1S/C20H32N4O4/c1-2-21-20(23-13-5-14-28-19-11-15-27-16-19)22-12-4-3-6-17-7-9-18(10-8-17)24(25)26/h7-10,19H,2-6,11-16H2,1H3,(H2,21,22,23). The summed E-state index contributed by atoms with van der Waals surface area (Å²) in [6.07, 6.45) is 5.08. The van der Waals surface area contributed by atoms with Gasteiger partial charge in [-0.05, 0) is 44.6 Å². The second-order valence-corrected chi connectivity index (χ2v) is 6.78. The minimum absolute atomic E-state index is 0.138. The van der Waals surface area contributed by atoms with Gasteiger partial charge in [-0.2, -0.15) is 0 Å². The van der Waals surface area contributed by atoms with Crippen LogP contribution in [-0.2, 0) is 15.9 Å². The third-order valence-corrected chi connectivity index (χ3v) is 4.49. The predicted octanol–water partition coefficient (Wildman–Crippen LogP) is 2.67. The number of hydrogen-bond donors (Lipinski definition) is 2. The number of unbranched alkanes of at least 4 members (excludes halogenated alkanes) is 1. The van der Waals surface area contributed by atoms with Gasteiger partial charge in [-0.15, -0.1) is 0 Å². The van der Waals surface area contributed by atoms with Crippen LogP contribution in [0.2, 0.25) is 0 Å². The van der Waals surface area contributed by atoms with Crippen molar-refractivity contribution in [3.05, 3.63) is 39.9 Å². The number of guanidine groups is 1. The first-order valence-electron chi connectivity index (χ1n) is 10.1. The van der Waals surface area contributed by atoms with Gasteiger partial charge in [0.05, 0.1) is 17.6 Å². The molecule has 8 nitrogen and oxygen atoms in total. The van der Waals surface area contributed by atoms with Gasteiger partial charge in [0.15, 0.2) is 5.96 Å². The van der Waals surface area contributed by atoms with Gasteiger partial charge in [-0.3, -0.25) is 15.1 Å². The number of benzene rings is 1. The number of aryl methyl sites for hydroxylation is 1. The molecule has 0 radical (unpaired) electrons. The molecule has 8 heteroatoms. The highest BCUT2D eigenvalue weighted by Crippen LogP contribution is 2.13. The number of hydrogen-bond acceptors (Lipinski definition) is 5. The van der Waals surface area contributed by atoms with Gasteiger partial charge in [-0.25, -0.2) is 0 Å². The van der Waals surface area contributed by atoms with Crippen LogP contribution in [0.15, 0.2) is 29.3 Å². The van der Waals surface area contributed by atoms with Crippen LogP contribution in [0.3, 0.4) is 0 Å². The Labute approximate surface area is 166 Å². The zero-order valence-corrected chi connectivity index (χ0v) is 16.7. The lowest BCUT2D eigenvalue weighted by atomic mass is 10.1. The summed E-state index contributed by atoms with van der Waals surface area (Å²) in [6, 6.07) is 6.79. The molecule has 1 heterocycles. The van der Waals surface area contributed by atoms with Gasteiger partial charge < -0.3 is 20.1 Å². The molecule has 0 saturated carbocycles. The van der Waals surface area contributed by atoms with Crippen molar-refractivity contribution in [2.24, 2.45) is 4.99 Å². The normalized spacial score (nSPS) is 16.9. The third kappa shape index (κ3) is 8.67. The van der Waals surface area contributed by atoms with Gasteiger partial charge in [0.1, 0.15) is 0 Å². The topological polar surface area (TPSA) is 98.0 Å². The third-order valence-electron chi connectivity index (χ3n) is 4.49. The number of nitro benzene ring substituents is 1. The Morgan fingerprint density at radius 3 is 2.79 bits per heavy atom. The number of nitrogens with zero attached hydrogens (tertiary/aromatic N) is 2. The zero-order valence-electron chi connectivity index (χ0n) is 16.7. The van der Waals surface area contributed by atoms with E-state index >= 15 is 0 Å². The molecule has 1 aromatic carbocycles. The monoisotopic (exact) mass is 392 g/mol. The molecule has 2 rings (SSSR count). The average molecular weight is 393 g/mol. The minimum atomic E-state index is -0.370. The first kappa shape index (κ1) is 22.1. The lowest BCUT2D eigenvalue weighted by Gasteiger charge is -2.12. The van der Waals surface area contributed by atoms with E-state index in [-0.39, 0.29) is 16.7 Å². The molecule has 0 aromatic heterocycles. The maximum atomic E-state index is 10.7. The molecular weight excluding hydrogens is 360 g/mol. The Morgan fingerprint density at radius 2 is 2.11 bits per heavy atom. The van der Waals surface area contributed by atoms with E-state index in [0.717, 1.165) is 69.9 Å². The quantitative estimate of drug-likeness (QED) is 0.187. The smallest absolute Gasteiger partial charge is 0.269 e. The fourth-order valence-corrected chi connectivity index (χ4v) is 2.94. The molecule has 0 aliphatic carbocycles. The van der Waals surface area contributed by atoms with E-state index in [1.165, 1.54) is 0 Å². The number of ether oxygens (including phenoxy) is 2. The van der Waals surface area contributed by atoms with E-state index in [2.05, 4.69) is 22.5 Å². The maximum absolute atomic E-state index is 10.7. The SMILES string of the molecule is CCNC(=NCCCOC1CCOC1)NCCCCc1ccc([N+](=O)[O-])cc1. The van der Waals surface area contributed by atoms with E-state index in [1.807, 2.05) is 12.1 Å². The Kier molecular flexibility index (Phi) is 10.3. The van der Waals surface area contributed by atoms with Crippen molar-refractivity contribution in [1.82, 2.24) is 10.6 Å². The van der Waals surface area contributed by atoms with Crippen molar-refractivity contribution < 1.29 is 14.4 Å². The van der Waals surface area contributed by atoms with Crippen molar-refractivity contribution >= 4 is 11.6 Å². The molecule has 0 spiro atoms. The van der Waals surface area contributed by atoms with Crippen LogP contribution in [0.1, 0.15) is 38.2 Å². The summed E-state index contributed by atoms with van der Waals surface area (Å²) >= 11 is 0. The van der Waals surface area contributed by atoms with Crippen LogP contribution in [0, 0.1) is 10.1 Å². The first-order valence-corrected chi connectivity index (χ1v) is 10.1. The summed E-state index contributed by atoms with van der Waals surface area (Å²) in [5.74, 6) is 0.835. The average Bonchev–Trinajstić information content (AvgIpc) is 3.21. The molecule has 1 unspecified atom stereocenters. The predicted molar refractivity (Wildman–Crippen MR) is 110 cm³/mol. The molecule has 1 saturated heterocycles. The summed E-state index contributed by atoms with van der Waals surface area (Å²) < 4.78 is 11.0. The van der Waals surface area contributed by atoms with Crippen molar-refractivity contribution in [3.8, 4) is 0 Å². The van der Waals surface area contributed by atoms with Crippen LogP contribution in [0.4, 0.5) is 5.69 Å². The van der Waals surface area contributed by atoms with Crippen LogP contribution in [0.5, 0.6) is 0 Å². The summed E-state index contributed by atoms with van der Waals surface area (Å²) in [6.45, 7) is 6.68. The molecule has 2 N–H and O–H groups in total. The summed E-state index contributed by atoms with van der Waals surface area (Å²) in [5, 5.41) is 17.3. The van der Waals surface area contributed by atoms with Crippen LogP contribution in [0.25, 0.3) is 0 Å². The highest BCUT2D eigenvalue weighted by molar-refractivity contribution is 5.79. The molecular formula is C20H32N4O4. The molecule has 156 valence electrons. The number of nitro groups is 1. The first-order chi connectivity index (χ1) is 13.7. The minimum Gasteiger partial charge on any atom is -0.379 e. The van der Waals surface area contributed by atoms with Crippen molar-refractivity contribution in [2.45, 2.75) is 45.1 Å². The van der Waals surface area contributed by atoms with E-state index in [1.54, 1.807) is 12.1 Å². The zero-order chi connectivity index (χ0) is 20.0. The molecule has 1 atom stereocenters. The lowest BCUT2D eigenvalue weighted by molar-refractivity contribution is -0.384. The summed E-state index contributed by atoms with van der Waals surface area (Å²) in [7, 11) is 0. The van der Waals surface area contributed by atoms with Crippen LogP contribution < -0.4 is 10.6 Å². The molecule has 1 aliphatic heterocycles. The maximum Gasteiger partial charge on any atom is 0.269 e. The molecule has 0 bridgehead atoms. The fraction of sp³-hybridized carbons (Fsp3) is 0.650. The number of aliphatic imine (C=N–C) groups is 1. The van der Waals surface area contributed by atoms with Crippen molar-refractivity contribution in [2.75, 3.05) is 39.5 Å². The Morgan fingerprint density at radius 1 is 1.29 bits per heavy atom. The Bertz CT molecular complexity index is 601. The Balaban J connectivity index is 1.57. The number of nitrogens with one attached hydrogen (secondary N) is 2. The fourth-order valence-electron chi connectivity index (χ4n) is 2.94. The summed E-state index contributed by atoms with van der Waals surface area (Å²) in [5.41, 5.74) is 1.26. The molecule has 1 aliphatic rings. The van der Waals surface area contributed by atoms with Gasteiger partial charge in [0.25, 0.3) is 5.69 Å². The van der Waals surface area contributed by atoms with Gasteiger partial charge in [0.2, 0.25) is 0 Å². The number of non-ortho nitro benzene ring substituents is 1. The second kappa shape index (κ2) is 13.1. The van der Waals surface area contributed by atoms with Crippen LogP contribution in [-0.4, -0.2) is 56.4 Å². The van der Waals surface area contributed by atoms with Gasteiger partial charge >= 0.3 is 0 Å². The largest absolute Gasteiger partial charge is 0.379 e. The van der Waals surface area contributed by atoms with E-state index in [9.17, 15) is 10.1 Å². The molecule has 0 amide bonds. The van der Waals surface area contributed by atoms with Gasteiger partial charge in [-0.1, -0.05) is 12.1 Å². The van der Waals surface area contributed by atoms with Crippen molar-refractivity contribution in [1.29, 1.82) is 0 Å².